The Bertz CT molecular complexity index is 483. The lowest BCUT2D eigenvalue weighted by molar-refractivity contribution is 0.0129. The minimum Gasteiger partial charge on any atom is -0.598 e. The highest BCUT2D eigenvalue weighted by molar-refractivity contribution is 7.90. The van der Waals surface area contributed by atoms with Crippen molar-refractivity contribution in [1.82, 2.24) is 9.62 Å². The molecule has 138 valence electrons. The van der Waals surface area contributed by atoms with Crippen LogP contribution in [-0.4, -0.2) is 45.0 Å². The molecule has 24 heavy (non-hydrogen) atoms. The maximum Gasteiger partial charge on any atom is 0.410 e. The molecule has 0 aliphatic carbocycles. The van der Waals surface area contributed by atoms with Crippen molar-refractivity contribution in [3.05, 3.63) is 0 Å². The van der Waals surface area contributed by atoms with Gasteiger partial charge in [-0.25, -0.2) is 4.79 Å². The third kappa shape index (κ3) is 5.54. The van der Waals surface area contributed by atoms with Gasteiger partial charge in [-0.15, -0.1) is 4.72 Å². The molecule has 1 heterocycles. The lowest BCUT2D eigenvalue weighted by atomic mass is 9.74. The summed E-state index contributed by atoms with van der Waals surface area (Å²) in [4.78, 5) is 13.8. The standard InChI is InChI=1S/C17H31N3O3S/c1-13(19-24(22)16(5,6)7)17(12-18)8-10-20(11-9-17)14(21)23-15(2,3)4/h13,19H,8-11H2,1-7H3/t13-,24+/m1/s1. The lowest BCUT2D eigenvalue weighted by Gasteiger charge is -2.41. The number of hydrogen-bond acceptors (Lipinski definition) is 5. The number of carbonyl (C=O) groups excluding carboxylic acids is 1. The zero-order chi connectivity index (χ0) is 18.8. The summed E-state index contributed by atoms with van der Waals surface area (Å²) < 4.78 is 20.4. The minimum absolute atomic E-state index is 0.219. The zero-order valence-corrected chi connectivity index (χ0v) is 16.7. The second-order valence-corrected chi connectivity index (χ2v) is 10.5. The molecular weight excluding hydrogens is 326 g/mol. The number of nitriles is 1. The van der Waals surface area contributed by atoms with E-state index >= 15 is 0 Å². The number of rotatable bonds is 3. The first-order valence-electron chi connectivity index (χ1n) is 8.38. The van der Waals surface area contributed by atoms with Crippen molar-refractivity contribution >= 4 is 17.5 Å². The van der Waals surface area contributed by atoms with Crippen molar-refractivity contribution < 1.29 is 14.1 Å². The summed E-state index contributed by atoms with van der Waals surface area (Å²) in [5, 5.41) is 9.72. The van der Waals surface area contributed by atoms with Gasteiger partial charge in [0.15, 0.2) is 0 Å². The molecule has 1 saturated heterocycles. The highest BCUT2D eigenvalue weighted by Crippen LogP contribution is 2.35. The molecule has 0 aromatic heterocycles. The number of ether oxygens (including phenoxy) is 1. The Kier molecular flexibility index (Phi) is 6.59. The Morgan fingerprint density at radius 2 is 1.79 bits per heavy atom. The second kappa shape index (κ2) is 7.51. The Hall–Kier alpha value is -0.970. The van der Waals surface area contributed by atoms with E-state index in [0.29, 0.717) is 25.9 Å². The Balaban J connectivity index is 2.70. The molecule has 1 N–H and O–H groups in total. The first-order chi connectivity index (χ1) is 10.8. The average molecular weight is 358 g/mol. The van der Waals surface area contributed by atoms with E-state index in [1.807, 2.05) is 48.5 Å². The van der Waals surface area contributed by atoms with Crippen LogP contribution in [-0.2, 0) is 16.1 Å². The molecule has 0 radical (unpaired) electrons. The molecule has 7 heteroatoms. The maximum atomic E-state index is 12.3. The van der Waals surface area contributed by atoms with Crippen LogP contribution in [0.5, 0.6) is 0 Å². The average Bonchev–Trinajstić information content (AvgIpc) is 2.44. The maximum absolute atomic E-state index is 12.3. The van der Waals surface area contributed by atoms with Crippen LogP contribution in [0.2, 0.25) is 0 Å². The molecule has 1 fully saturated rings. The zero-order valence-electron chi connectivity index (χ0n) is 15.9. The molecule has 2 atom stereocenters. The van der Waals surface area contributed by atoms with Crippen molar-refractivity contribution in [2.75, 3.05) is 13.1 Å². The van der Waals surface area contributed by atoms with Gasteiger partial charge in [0.05, 0.1) is 17.5 Å². The van der Waals surface area contributed by atoms with Gasteiger partial charge in [-0.1, -0.05) is 0 Å². The van der Waals surface area contributed by atoms with E-state index in [1.165, 1.54) is 0 Å². The summed E-state index contributed by atoms with van der Waals surface area (Å²) in [6, 6.07) is 2.19. The first kappa shape index (κ1) is 21.1. The molecule has 0 aromatic rings. The van der Waals surface area contributed by atoms with Crippen molar-refractivity contribution in [2.45, 2.75) is 77.7 Å². The molecule has 0 spiro atoms. The number of nitrogens with zero attached hydrogens (tertiary/aromatic N) is 2. The highest BCUT2D eigenvalue weighted by Gasteiger charge is 2.44. The summed E-state index contributed by atoms with van der Waals surface area (Å²) >= 11 is -1.23. The van der Waals surface area contributed by atoms with Crippen molar-refractivity contribution in [2.24, 2.45) is 5.41 Å². The summed E-state index contributed by atoms with van der Waals surface area (Å²) in [5.41, 5.74) is -1.15. The number of carbonyl (C=O) groups is 1. The minimum atomic E-state index is -1.23. The van der Waals surface area contributed by atoms with Crippen LogP contribution < -0.4 is 4.72 Å². The van der Waals surface area contributed by atoms with Gasteiger partial charge in [0.2, 0.25) is 0 Å². The molecule has 6 nitrogen and oxygen atoms in total. The van der Waals surface area contributed by atoms with Crippen LogP contribution in [0.4, 0.5) is 4.79 Å². The van der Waals surface area contributed by atoms with Crippen LogP contribution in [0, 0.1) is 16.7 Å². The highest BCUT2D eigenvalue weighted by atomic mass is 32.2. The topological polar surface area (TPSA) is 88.4 Å². The van der Waals surface area contributed by atoms with Gasteiger partial charge >= 0.3 is 6.09 Å². The van der Waals surface area contributed by atoms with E-state index in [2.05, 4.69) is 10.8 Å². The largest absolute Gasteiger partial charge is 0.598 e. The van der Waals surface area contributed by atoms with Gasteiger partial charge in [-0.05, 0) is 61.3 Å². The van der Waals surface area contributed by atoms with Gasteiger partial charge in [0.1, 0.15) is 10.3 Å². The lowest BCUT2D eigenvalue weighted by Crippen LogP contribution is -2.54. The number of nitrogens with one attached hydrogen (secondary N) is 1. The summed E-state index contributed by atoms with van der Waals surface area (Å²) in [7, 11) is 0. The molecule has 0 unspecified atom stereocenters. The van der Waals surface area contributed by atoms with Gasteiger partial charge in [-0.3, -0.25) is 0 Å². The predicted molar refractivity (Wildman–Crippen MR) is 95.6 cm³/mol. The van der Waals surface area contributed by atoms with Gasteiger partial charge < -0.3 is 14.2 Å². The van der Waals surface area contributed by atoms with Crippen LogP contribution in [0.15, 0.2) is 0 Å². The van der Waals surface area contributed by atoms with Crippen LogP contribution in [0.1, 0.15) is 61.3 Å². The van der Waals surface area contributed by atoms with E-state index in [0.717, 1.165) is 0 Å². The summed E-state index contributed by atoms with van der Waals surface area (Å²) in [6.07, 6.45) is 0.740. The van der Waals surface area contributed by atoms with E-state index in [1.54, 1.807) is 4.90 Å². The van der Waals surface area contributed by atoms with E-state index in [4.69, 9.17) is 4.74 Å². The fraction of sp³-hybridized carbons (Fsp3) is 0.882. The van der Waals surface area contributed by atoms with E-state index < -0.39 is 22.4 Å². The third-order valence-electron chi connectivity index (χ3n) is 4.20. The molecule has 0 bridgehead atoms. The third-order valence-corrected chi connectivity index (χ3v) is 5.88. The normalized spacial score (nSPS) is 20.9. The quantitative estimate of drug-likeness (QED) is 0.785. The molecule has 1 rings (SSSR count). The summed E-state index contributed by atoms with van der Waals surface area (Å²) in [6.45, 7) is 14.0. The molecular formula is C17H31N3O3S. The number of amides is 1. The number of piperidine rings is 1. The van der Waals surface area contributed by atoms with Crippen LogP contribution in [0.3, 0.4) is 0 Å². The monoisotopic (exact) mass is 357 g/mol. The van der Waals surface area contributed by atoms with Crippen molar-refractivity contribution in [1.29, 1.82) is 5.26 Å². The van der Waals surface area contributed by atoms with Gasteiger partial charge in [-0.2, -0.15) is 5.26 Å². The fourth-order valence-electron chi connectivity index (χ4n) is 2.51. The van der Waals surface area contributed by atoms with Crippen LogP contribution in [0.25, 0.3) is 0 Å². The van der Waals surface area contributed by atoms with Crippen molar-refractivity contribution in [3.63, 3.8) is 0 Å². The molecule has 1 aliphatic heterocycles. The molecule has 1 aliphatic rings. The Morgan fingerprint density at radius 3 is 2.17 bits per heavy atom. The molecule has 0 aromatic carbocycles. The molecule has 0 saturated carbocycles. The summed E-state index contributed by atoms with van der Waals surface area (Å²) in [5.74, 6) is 0. The number of likely N-dealkylation sites (tertiary alicyclic amines) is 1. The van der Waals surface area contributed by atoms with Gasteiger partial charge in [0.25, 0.3) is 0 Å². The Morgan fingerprint density at radius 1 is 1.29 bits per heavy atom. The Labute approximate surface area is 149 Å². The van der Waals surface area contributed by atoms with Crippen LogP contribution >= 0.6 is 0 Å². The predicted octanol–water partition coefficient (Wildman–Crippen LogP) is 2.97. The number of hydrogen-bond donors (Lipinski definition) is 1. The SMILES string of the molecule is C[C@@H](N[S@@+]([O-])C(C)(C)C)C1(C#N)CCN(C(=O)OC(C)(C)C)CC1. The van der Waals surface area contributed by atoms with Gasteiger partial charge in [0, 0.05) is 24.5 Å². The first-order valence-corrected chi connectivity index (χ1v) is 9.53. The van der Waals surface area contributed by atoms with E-state index in [-0.39, 0.29) is 16.9 Å². The van der Waals surface area contributed by atoms with Crippen molar-refractivity contribution in [3.8, 4) is 6.07 Å². The van der Waals surface area contributed by atoms with E-state index in [9.17, 15) is 14.6 Å². The second-order valence-electron chi connectivity index (χ2n) is 8.46. The fourth-order valence-corrected chi connectivity index (χ4v) is 3.41. The smallest absolute Gasteiger partial charge is 0.410 e. The molecule has 1 amide bonds.